The van der Waals surface area contributed by atoms with Crippen molar-refractivity contribution in [1.29, 1.82) is 0 Å². The number of rotatable bonds is 2. The molecule has 0 aliphatic rings. The Labute approximate surface area is 87.4 Å². The molecule has 0 spiro atoms. The third kappa shape index (κ3) is 1.89. The molecule has 0 saturated carbocycles. The number of nitrogens with zero attached hydrogens (tertiary/aromatic N) is 2. The largest absolute Gasteiger partial charge is 0.345 e. The van der Waals surface area contributed by atoms with E-state index in [9.17, 15) is 4.39 Å². The van der Waals surface area contributed by atoms with Crippen molar-refractivity contribution in [1.82, 2.24) is 9.55 Å². The van der Waals surface area contributed by atoms with Gasteiger partial charge in [0.1, 0.15) is 5.82 Å². The second-order valence-corrected chi connectivity index (χ2v) is 3.50. The number of quaternary nitrogens is 1. The van der Waals surface area contributed by atoms with Crippen molar-refractivity contribution in [2.75, 3.05) is 0 Å². The minimum Gasteiger partial charge on any atom is -0.345 e. The number of hydrogen-bond donors (Lipinski definition) is 1. The molecule has 1 aromatic carbocycles. The molecule has 0 aliphatic carbocycles. The third-order valence-electron chi connectivity index (χ3n) is 2.42. The van der Waals surface area contributed by atoms with Crippen molar-refractivity contribution in [2.45, 2.75) is 6.04 Å². The van der Waals surface area contributed by atoms with Crippen LogP contribution in [-0.4, -0.2) is 9.55 Å². The molecule has 0 fully saturated rings. The first-order valence-electron chi connectivity index (χ1n) is 4.74. The Balaban J connectivity index is 2.36. The summed E-state index contributed by atoms with van der Waals surface area (Å²) < 4.78 is 14.9. The Morgan fingerprint density at radius 2 is 2.27 bits per heavy atom. The standard InChI is InChI=1S/C11H12FN3/c1-15-6-5-14-11(15)10(13)8-3-2-4-9(12)7-8/h2-7,10H,13H2,1H3/p+1/t10-/m1/s1. The summed E-state index contributed by atoms with van der Waals surface area (Å²) in [5.74, 6) is 0.593. The van der Waals surface area contributed by atoms with Crippen LogP contribution in [0.3, 0.4) is 0 Å². The summed E-state index contributed by atoms with van der Waals surface area (Å²) in [6, 6.07) is 6.32. The summed E-state index contributed by atoms with van der Waals surface area (Å²) >= 11 is 0. The van der Waals surface area contributed by atoms with Crippen molar-refractivity contribution in [3.63, 3.8) is 0 Å². The van der Waals surface area contributed by atoms with E-state index in [1.807, 2.05) is 23.9 Å². The van der Waals surface area contributed by atoms with Gasteiger partial charge in [-0.25, -0.2) is 9.37 Å². The Hall–Kier alpha value is -1.68. The van der Waals surface area contributed by atoms with Crippen LogP contribution in [0.2, 0.25) is 0 Å². The first-order chi connectivity index (χ1) is 7.18. The average molecular weight is 206 g/mol. The number of imidazole rings is 1. The smallest absolute Gasteiger partial charge is 0.172 e. The fourth-order valence-corrected chi connectivity index (χ4v) is 1.59. The Kier molecular flexibility index (Phi) is 2.51. The predicted molar refractivity (Wildman–Crippen MR) is 54.3 cm³/mol. The van der Waals surface area contributed by atoms with Crippen molar-refractivity contribution in [3.05, 3.63) is 53.9 Å². The zero-order valence-electron chi connectivity index (χ0n) is 8.52. The van der Waals surface area contributed by atoms with Crippen LogP contribution in [0.4, 0.5) is 4.39 Å². The monoisotopic (exact) mass is 206 g/mol. The lowest BCUT2D eigenvalue weighted by Gasteiger charge is -2.08. The van der Waals surface area contributed by atoms with E-state index >= 15 is 0 Å². The molecule has 0 bridgehead atoms. The Morgan fingerprint density at radius 3 is 2.87 bits per heavy atom. The van der Waals surface area contributed by atoms with Crippen LogP contribution in [0.25, 0.3) is 0 Å². The van der Waals surface area contributed by atoms with Gasteiger partial charge in [0.05, 0.1) is 0 Å². The molecule has 78 valence electrons. The van der Waals surface area contributed by atoms with Crippen LogP contribution in [0.1, 0.15) is 17.4 Å². The van der Waals surface area contributed by atoms with E-state index < -0.39 is 0 Å². The van der Waals surface area contributed by atoms with Gasteiger partial charge in [-0.15, -0.1) is 0 Å². The topological polar surface area (TPSA) is 45.5 Å². The summed E-state index contributed by atoms with van der Waals surface area (Å²) in [7, 11) is 1.90. The molecular weight excluding hydrogens is 193 g/mol. The highest BCUT2D eigenvalue weighted by molar-refractivity contribution is 5.23. The molecule has 4 heteroatoms. The lowest BCUT2D eigenvalue weighted by atomic mass is 10.1. The maximum Gasteiger partial charge on any atom is 0.172 e. The van der Waals surface area contributed by atoms with Crippen molar-refractivity contribution >= 4 is 0 Å². The van der Waals surface area contributed by atoms with E-state index in [0.717, 1.165) is 11.4 Å². The summed E-state index contributed by atoms with van der Waals surface area (Å²) in [5, 5.41) is 0. The maximum absolute atomic E-state index is 13.0. The zero-order valence-corrected chi connectivity index (χ0v) is 8.52. The highest BCUT2D eigenvalue weighted by Crippen LogP contribution is 2.16. The second-order valence-electron chi connectivity index (χ2n) is 3.50. The molecule has 3 nitrogen and oxygen atoms in total. The molecule has 1 atom stereocenters. The van der Waals surface area contributed by atoms with Gasteiger partial charge in [0.25, 0.3) is 0 Å². The van der Waals surface area contributed by atoms with Gasteiger partial charge in [-0.1, -0.05) is 12.1 Å². The molecule has 2 aromatic rings. The quantitative estimate of drug-likeness (QED) is 0.779. The molecule has 15 heavy (non-hydrogen) atoms. The molecule has 1 heterocycles. The highest BCUT2D eigenvalue weighted by atomic mass is 19.1. The molecule has 1 aromatic heterocycles. The van der Waals surface area contributed by atoms with Crippen LogP contribution in [-0.2, 0) is 7.05 Å². The van der Waals surface area contributed by atoms with Gasteiger partial charge in [0.2, 0.25) is 0 Å². The average Bonchev–Trinajstić information content (AvgIpc) is 2.63. The first-order valence-corrected chi connectivity index (χ1v) is 4.74. The number of benzene rings is 1. The molecule has 0 unspecified atom stereocenters. The fourth-order valence-electron chi connectivity index (χ4n) is 1.59. The third-order valence-corrected chi connectivity index (χ3v) is 2.42. The van der Waals surface area contributed by atoms with Gasteiger partial charge in [-0.3, -0.25) is 0 Å². The van der Waals surface area contributed by atoms with E-state index in [1.165, 1.54) is 12.1 Å². The first kappa shape index (κ1) is 9.86. The summed E-state index contributed by atoms with van der Waals surface area (Å²) in [6.45, 7) is 0. The second kappa shape index (κ2) is 3.82. The number of halogens is 1. The normalized spacial score (nSPS) is 12.7. The summed E-state index contributed by atoms with van der Waals surface area (Å²) in [4.78, 5) is 4.20. The zero-order chi connectivity index (χ0) is 10.8. The van der Waals surface area contributed by atoms with Gasteiger partial charge in [-0.05, 0) is 12.1 Å². The predicted octanol–water partition coefficient (Wildman–Crippen LogP) is 0.890. The van der Waals surface area contributed by atoms with Crippen LogP contribution in [0.5, 0.6) is 0 Å². The lowest BCUT2D eigenvalue weighted by molar-refractivity contribution is -0.414. The van der Waals surface area contributed by atoms with Crippen molar-refractivity contribution in [3.8, 4) is 0 Å². The molecule has 0 saturated heterocycles. The molecule has 0 amide bonds. The molecule has 2 rings (SSSR count). The van der Waals surface area contributed by atoms with Gasteiger partial charge in [-0.2, -0.15) is 0 Å². The van der Waals surface area contributed by atoms with E-state index in [4.69, 9.17) is 0 Å². The SMILES string of the molecule is Cn1ccnc1[C@H]([NH3+])c1cccc(F)c1. The van der Waals surface area contributed by atoms with E-state index in [0.29, 0.717) is 0 Å². The maximum atomic E-state index is 13.0. The molecular formula is C11H13FN3+. The van der Waals surface area contributed by atoms with Crippen LogP contribution in [0, 0.1) is 5.82 Å². The molecule has 0 radical (unpaired) electrons. The molecule has 3 N–H and O–H groups in total. The van der Waals surface area contributed by atoms with Crippen molar-refractivity contribution < 1.29 is 10.1 Å². The van der Waals surface area contributed by atoms with E-state index in [2.05, 4.69) is 10.7 Å². The number of hydrogen-bond acceptors (Lipinski definition) is 1. The van der Waals surface area contributed by atoms with Gasteiger partial charge < -0.3 is 10.3 Å². The van der Waals surface area contributed by atoms with E-state index in [-0.39, 0.29) is 11.9 Å². The van der Waals surface area contributed by atoms with Crippen molar-refractivity contribution in [2.24, 2.45) is 7.05 Å². The fraction of sp³-hybridized carbons (Fsp3) is 0.182. The summed E-state index contributed by atoms with van der Waals surface area (Å²) in [5.41, 5.74) is 4.84. The Morgan fingerprint density at radius 1 is 1.47 bits per heavy atom. The Bertz CT molecular complexity index is 464. The van der Waals surface area contributed by atoms with Gasteiger partial charge in [0.15, 0.2) is 11.9 Å². The van der Waals surface area contributed by atoms with Gasteiger partial charge >= 0.3 is 0 Å². The number of aromatic nitrogens is 2. The van der Waals surface area contributed by atoms with Crippen LogP contribution < -0.4 is 5.73 Å². The number of aryl methyl sites for hydroxylation is 1. The lowest BCUT2D eigenvalue weighted by Crippen LogP contribution is -2.55. The molecule has 0 aliphatic heterocycles. The van der Waals surface area contributed by atoms with E-state index in [1.54, 1.807) is 12.3 Å². The van der Waals surface area contributed by atoms with Gasteiger partial charge in [0, 0.05) is 25.0 Å². The van der Waals surface area contributed by atoms with Crippen LogP contribution in [0.15, 0.2) is 36.7 Å². The summed E-state index contributed by atoms with van der Waals surface area (Å²) in [6.07, 6.45) is 3.57. The van der Waals surface area contributed by atoms with Crippen LogP contribution >= 0.6 is 0 Å². The highest BCUT2D eigenvalue weighted by Gasteiger charge is 2.17. The minimum atomic E-state index is -0.240. The minimum absolute atomic E-state index is 0.138.